The predicted molar refractivity (Wildman–Crippen MR) is 37.0 cm³/mol. The van der Waals surface area contributed by atoms with Gasteiger partial charge in [0.25, 0.3) is 0 Å². The Morgan fingerprint density at radius 2 is 1.50 bits per heavy atom. The van der Waals surface area contributed by atoms with Crippen molar-refractivity contribution in [2.24, 2.45) is 5.41 Å². The number of rotatable bonds is 3. The lowest BCUT2D eigenvalue weighted by molar-refractivity contribution is -0.291. The summed E-state index contributed by atoms with van der Waals surface area (Å²) in [5.41, 5.74) is -2.11. The Bertz CT molecular complexity index is 231. The van der Waals surface area contributed by atoms with Gasteiger partial charge in [-0.1, -0.05) is 0 Å². The van der Waals surface area contributed by atoms with Crippen LogP contribution in [0.15, 0.2) is 0 Å². The summed E-state index contributed by atoms with van der Waals surface area (Å²) >= 11 is 0. The highest BCUT2D eigenvalue weighted by atomic mass is 19.4. The Balaban J connectivity index is 4.76. The summed E-state index contributed by atoms with van der Waals surface area (Å²) in [4.78, 5) is 10.3. The van der Waals surface area contributed by atoms with Crippen molar-refractivity contribution < 1.29 is 31.9 Å². The zero-order valence-corrected chi connectivity index (χ0v) is 7.45. The van der Waals surface area contributed by atoms with Gasteiger partial charge in [-0.15, -0.1) is 0 Å². The molecular weight excluding hydrogens is 211 g/mol. The summed E-state index contributed by atoms with van der Waals surface area (Å²) in [6.07, 6.45) is -7.47. The molecule has 0 aromatic heterocycles. The number of carboxylic acids is 1. The van der Waals surface area contributed by atoms with Crippen molar-refractivity contribution in [3.63, 3.8) is 0 Å². The SMILES string of the molecule is CC(C)(CC(F)(F)C(F)(F)F)C(=O)O. The Kier molecular flexibility index (Phi) is 3.15. The standard InChI is InChI=1S/C7H9F5O2/c1-5(2,4(13)14)3-6(8,9)7(10,11)12/h3H2,1-2H3,(H,13,14). The van der Waals surface area contributed by atoms with Crippen LogP contribution in [0, 0.1) is 5.41 Å². The summed E-state index contributed by atoms with van der Waals surface area (Å²) in [6, 6.07) is 0. The molecule has 0 saturated heterocycles. The molecule has 0 bridgehead atoms. The van der Waals surface area contributed by atoms with Crippen LogP contribution in [-0.2, 0) is 4.79 Å². The fraction of sp³-hybridized carbons (Fsp3) is 0.857. The van der Waals surface area contributed by atoms with Crippen LogP contribution >= 0.6 is 0 Å². The number of halogens is 5. The number of carbonyl (C=O) groups is 1. The van der Waals surface area contributed by atoms with Crippen LogP contribution in [0.1, 0.15) is 20.3 Å². The minimum absolute atomic E-state index is 0.814. The summed E-state index contributed by atoms with van der Waals surface area (Å²) in [5, 5.41) is 8.37. The van der Waals surface area contributed by atoms with Crippen LogP contribution in [-0.4, -0.2) is 23.2 Å². The van der Waals surface area contributed by atoms with Crippen molar-refractivity contribution in [2.75, 3.05) is 0 Å². The van der Waals surface area contributed by atoms with Gasteiger partial charge in [0.2, 0.25) is 0 Å². The molecule has 0 aromatic carbocycles. The molecule has 0 amide bonds. The van der Waals surface area contributed by atoms with Crippen molar-refractivity contribution in [1.29, 1.82) is 0 Å². The minimum Gasteiger partial charge on any atom is -0.481 e. The normalized spacial score (nSPS) is 14.2. The smallest absolute Gasteiger partial charge is 0.453 e. The lowest BCUT2D eigenvalue weighted by Gasteiger charge is -2.27. The van der Waals surface area contributed by atoms with Gasteiger partial charge in [0.1, 0.15) is 0 Å². The third kappa shape index (κ3) is 2.81. The third-order valence-corrected chi connectivity index (χ3v) is 1.66. The van der Waals surface area contributed by atoms with Crippen LogP contribution in [0.25, 0.3) is 0 Å². The van der Waals surface area contributed by atoms with E-state index in [0.717, 1.165) is 13.8 Å². The van der Waals surface area contributed by atoms with Crippen LogP contribution in [0.5, 0.6) is 0 Å². The van der Waals surface area contributed by atoms with Crippen molar-refractivity contribution in [3.05, 3.63) is 0 Å². The first-order valence-electron chi connectivity index (χ1n) is 3.58. The molecule has 1 N–H and O–H groups in total. The molecule has 0 aromatic rings. The van der Waals surface area contributed by atoms with Crippen molar-refractivity contribution in [2.45, 2.75) is 32.4 Å². The first-order valence-corrected chi connectivity index (χ1v) is 3.58. The van der Waals surface area contributed by atoms with Gasteiger partial charge in [0.15, 0.2) is 0 Å². The molecule has 0 aliphatic heterocycles. The highest BCUT2D eigenvalue weighted by Gasteiger charge is 2.60. The zero-order chi connectivity index (χ0) is 11.8. The Hall–Kier alpha value is -0.880. The van der Waals surface area contributed by atoms with Gasteiger partial charge < -0.3 is 5.11 Å². The summed E-state index contributed by atoms with van der Waals surface area (Å²) < 4.78 is 59.8. The molecule has 0 fully saturated rings. The van der Waals surface area contributed by atoms with Crippen LogP contribution in [0.3, 0.4) is 0 Å². The van der Waals surface area contributed by atoms with Gasteiger partial charge in [0, 0.05) is 6.42 Å². The zero-order valence-electron chi connectivity index (χ0n) is 7.45. The lowest BCUT2D eigenvalue weighted by atomic mass is 9.86. The van der Waals surface area contributed by atoms with Crippen molar-refractivity contribution >= 4 is 5.97 Å². The first kappa shape index (κ1) is 13.1. The van der Waals surface area contributed by atoms with Crippen molar-refractivity contribution in [1.82, 2.24) is 0 Å². The molecule has 0 atom stereocenters. The summed E-state index contributed by atoms with van der Waals surface area (Å²) in [7, 11) is 0. The molecule has 14 heavy (non-hydrogen) atoms. The predicted octanol–water partition coefficient (Wildman–Crippen LogP) is 2.68. The topological polar surface area (TPSA) is 37.3 Å². The fourth-order valence-electron chi connectivity index (χ4n) is 0.731. The Labute approximate surface area is 76.7 Å². The molecule has 0 radical (unpaired) electrons. The van der Waals surface area contributed by atoms with E-state index < -0.39 is 29.9 Å². The number of carboxylic acid groups (broad SMARTS) is 1. The molecule has 0 spiro atoms. The van der Waals surface area contributed by atoms with E-state index in [9.17, 15) is 26.7 Å². The average molecular weight is 220 g/mol. The largest absolute Gasteiger partial charge is 0.481 e. The maximum absolute atomic E-state index is 12.4. The van der Waals surface area contributed by atoms with Gasteiger partial charge in [-0.05, 0) is 13.8 Å². The molecule has 0 rings (SSSR count). The maximum atomic E-state index is 12.4. The fourth-order valence-corrected chi connectivity index (χ4v) is 0.731. The molecule has 0 aliphatic rings. The van der Waals surface area contributed by atoms with E-state index in [4.69, 9.17) is 5.11 Å². The number of alkyl halides is 5. The van der Waals surface area contributed by atoms with E-state index in [2.05, 4.69) is 0 Å². The summed E-state index contributed by atoms with van der Waals surface area (Å²) in [6.45, 7) is 1.63. The van der Waals surface area contributed by atoms with Crippen molar-refractivity contribution in [3.8, 4) is 0 Å². The lowest BCUT2D eigenvalue weighted by Crippen LogP contribution is -2.42. The molecule has 0 saturated carbocycles. The van der Waals surface area contributed by atoms with E-state index in [1.54, 1.807) is 0 Å². The quantitative estimate of drug-likeness (QED) is 0.742. The van der Waals surface area contributed by atoms with Gasteiger partial charge in [-0.25, -0.2) is 0 Å². The highest BCUT2D eigenvalue weighted by molar-refractivity contribution is 5.73. The van der Waals surface area contributed by atoms with E-state index in [-0.39, 0.29) is 0 Å². The highest BCUT2D eigenvalue weighted by Crippen LogP contribution is 2.43. The van der Waals surface area contributed by atoms with Gasteiger partial charge >= 0.3 is 18.1 Å². The van der Waals surface area contributed by atoms with Gasteiger partial charge in [0.05, 0.1) is 5.41 Å². The average Bonchev–Trinajstić information content (AvgIpc) is 1.80. The first-order chi connectivity index (χ1) is 5.90. The van der Waals surface area contributed by atoms with E-state index in [1.807, 2.05) is 0 Å². The second-order valence-electron chi connectivity index (χ2n) is 3.57. The van der Waals surface area contributed by atoms with E-state index in [1.165, 1.54) is 0 Å². The second-order valence-corrected chi connectivity index (χ2v) is 3.57. The summed E-state index contributed by atoms with van der Waals surface area (Å²) in [5.74, 6) is -6.67. The molecular formula is C7H9F5O2. The number of hydrogen-bond donors (Lipinski definition) is 1. The van der Waals surface area contributed by atoms with E-state index in [0.29, 0.717) is 0 Å². The van der Waals surface area contributed by atoms with Gasteiger partial charge in [-0.3, -0.25) is 4.79 Å². The molecule has 2 nitrogen and oxygen atoms in total. The van der Waals surface area contributed by atoms with Crippen LogP contribution in [0.4, 0.5) is 22.0 Å². The molecule has 0 unspecified atom stereocenters. The third-order valence-electron chi connectivity index (χ3n) is 1.66. The van der Waals surface area contributed by atoms with Gasteiger partial charge in [-0.2, -0.15) is 22.0 Å². The van der Waals surface area contributed by atoms with Crippen LogP contribution < -0.4 is 0 Å². The Morgan fingerprint density at radius 1 is 1.14 bits per heavy atom. The number of hydrogen-bond acceptors (Lipinski definition) is 1. The molecule has 0 heterocycles. The second kappa shape index (κ2) is 3.36. The molecule has 84 valence electrons. The maximum Gasteiger partial charge on any atom is 0.453 e. The van der Waals surface area contributed by atoms with Crippen LogP contribution in [0.2, 0.25) is 0 Å². The molecule has 0 aliphatic carbocycles. The monoisotopic (exact) mass is 220 g/mol. The van der Waals surface area contributed by atoms with E-state index >= 15 is 0 Å². The minimum atomic E-state index is -5.71. The number of aliphatic carboxylic acids is 1. The Morgan fingerprint density at radius 3 is 1.71 bits per heavy atom. The molecule has 7 heteroatoms.